The molecule has 1 saturated carbocycles. The molecule has 0 unspecified atom stereocenters. The van der Waals surface area contributed by atoms with E-state index in [-0.39, 0.29) is 5.60 Å². The second-order valence-electron chi connectivity index (χ2n) is 4.80. The first kappa shape index (κ1) is 10.7. The molecule has 0 atom stereocenters. The Morgan fingerprint density at radius 3 is 2.46 bits per heavy atom. The zero-order valence-electron chi connectivity index (χ0n) is 8.93. The zero-order valence-corrected chi connectivity index (χ0v) is 8.93. The summed E-state index contributed by atoms with van der Waals surface area (Å²) in [6.07, 6.45) is 3.84. The monoisotopic (exact) mass is 184 g/mol. The van der Waals surface area contributed by atoms with E-state index in [4.69, 9.17) is 4.74 Å². The molecular weight excluding hydrogens is 164 g/mol. The molecule has 0 N–H and O–H groups in total. The molecule has 1 aliphatic carbocycles. The molecule has 2 nitrogen and oxygen atoms in total. The van der Waals surface area contributed by atoms with Crippen LogP contribution in [0.25, 0.3) is 0 Å². The number of carbonyl (C=O) groups is 1. The van der Waals surface area contributed by atoms with Gasteiger partial charge >= 0.3 is 0 Å². The van der Waals surface area contributed by atoms with Crippen molar-refractivity contribution in [1.29, 1.82) is 0 Å². The molecular formula is C11H20O2. The maximum absolute atomic E-state index is 11.3. The summed E-state index contributed by atoms with van der Waals surface area (Å²) in [6.45, 7) is 6.82. The van der Waals surface area contributed by atoms with Gasteiger partial charge in [0, 0.05) is 18.9 Å². The molecule has 76 valence electrons. The van der Waals surface area contributed by atoms with Crippen molar-refractivity contribution < 1.29 is 9.53 Å². The van der Waals surface area contributed by atoms with Crippen LogP contribution in [0.2, 0.25) is 0 Å². The summed E-state index contributed by atoms with van der Waals surface area (Å²) in [5.74, 6) is 0.854. The van der Waals surface area contributed by atoms with Crippen LogP contribution in [-0.4, -0.2) is 18.0 Å². The maximum atomic E-state index is 11.3. The van der Waals surface area contributed by atoms with Crippen molar-refractivity contribution in [3.63, 3.8) is 0 Å². The lowest BCUT2D eigenvalue weighted by molar-refractivity contribution is -0.120. The molecule has 0 aromatic rings. The van der Waals surface area contributed by atoms with Crippen LogP contribution in [0.4, 0.5) is 0 Å². The highest BCUT2D eigenvalue weighted by Gasteiger charge is 2.28. The fraction of sp³-hybridized carbons (Fsp3) is 0.909. The van der Waals surface area contributed by atoms with E-state index in [0.29, 0.717) is 24.7 Å². The number of carbonyl (C=O) groups excluding carboxylic acids is 1. The average Bonchev–Trinajstić information content (AvgIpc) is 2.77. The van der Waals surface area contributed by atoms with E-state index in [9.17, 15) is 4.79 Å². The summed E-state index contributed by atoms with van der Waals surface area (Å²) in [5, 5.41) is 0. The summed E-state index contributed by atoms with van der Waals surface area (Å²) in [5.41, 5.74) is -0.0668. The first-order valence-electron chi connectivity index (χ1n) is 5.16. The molecule has 0 amide bonds. The van der Waals surface area contributed by atoms with E-state index in [1.807, 2.05) is 20.8 Å². The van der Waals surface area contributed by atoms with Gasteiger partial charge in [-0.3, -0.25) is 4.79 Å². The smallest absolute Gasteiger partial charge is 0.136 e. The molecule has 0 aromatic carbocycles. The van der Waals surface area contributed by atoms with E-state index in [0.717, 1.165) is 19.3 Å². The SMILES string of the molecule is CC(C)(C)OCCCC(=O)C1CC1. The average molecular weight is 184 g/mol. The number of ether oxygens (including phenoxy) is 1. The lowest BCUT2D eigenvalue weighted by Crippen LogP contribution is -2.20. The molecule has 0 aromatic heterocycles. The van der Waals surface area contributed by atoms with Gasteiger partial charge < -0.3 is 4.74 Å². The van der Waals surface area contributed by atoms with Gasteiger partial charge in [0.1, 0.15) is 5.78 Å². The molecule has 1 fully saturated rings. The topological polar surface area (TPSA) is 26.3 Å². The maximum Gasteiger partial charge on any atom is 0.136 e. The van der Waals surface area contributed by atoms with Gasteiger partial charge in [-0.15, -0.1) is 0 Å². The van der Waals surface area contributed by atoms with Crippen LogP contribution in [0.5, 0.6) is 0 Å². The summed E-state index contributed by atoms with van der Waals surface area (Å²) in [6, 6.07) is 0. The molecule has 13 heavy (non-hydrogen) atoms. The van der Waals surface area contributed by atoms with Crippen LogP contribution in [0, 0.1) is 5.92 Å². The van der Waals surface area contributed by atoms with Crippen LogP contribution in [0.15, 0.2) is 0 Å². The van der Waals surface area contributed by atoms with E-state index < -0.39 is 0 Å². The molecule has 0 heterocycles. The third kappa shape index (κ3) is 5.04. The number of Topliss-reactive ketones (excluding diaryl/α,β-unsaturated/α-hetero) is 1. The van der Waals surface area contributed by atoms with Gasteiger partial charge in [0.2, 0.25) is 0 Å². The number of rotatable bonds is 5. The first-order valence-corrected chi connectivity index (χ1v) is 5.16. The Morgan fingerprint density at radius 2 is 2.00 bits per heavy atom. The third-order valence-corrected chi connectivity index (χ3v) is 2.14. The Morgan fingerprint density at radius 1 is 1.38 bits per heavy atom. The summed E-state index contributed by atoms with van der Waals surface area (Å²) in [4.78, 5) is 11.3. The van der Waals surface area contributed by atoms with Crippen molar-refractivity contribution in [3.05, 3.63) is 0 Å². The largest absolute Gasteiger partial charge is 0.376 e. The molecule has 0 radical (unpaired) electrons. The predicted molar refractivity (Wildman–Crippen MR) is 52.7 cm³/mol. The molecule has 0 bridgehead atoms. The predicted octanol–water partition coefficient (Wildman–Crippen LogP) is 2.56. The highest BCUT2D eigenvalue weighted by Crippen LogP contribution is 2.31. The Hall–Kier alpha value is -0.370. The Balaban J connectivity index is 1.97. The standard InChI is InChI=1S/C11H20O2/c1-11(2,3)13-8-4-5-10(12)9-6-7-9/h9H,4-8H2,1-3H3. The van der Waals surface area contributed by atoms with E-state index >= 15 is 0 Å². The van der Waals surface area contributed by atoms with Gasteiger partial charge in [0.15, 0.2) is 0 Å². The fourth-order valence-corrected chi connectivity index (χ4v) is 1.23. The quantitative estimate of drug-likeness (QED) is 0.614. The minimum Gasteiger partial charge on any atom is -0.376 e. The molecule has 0 saturated heterocycles. The van der Waals surface area contributed by atoms with Crippen molar-refractivity contribution >= 4 is 5.78 Å². The molecule has 1 rings (SSSR count). The number of ketones is 1. The summed E-state index contributed by atoms with van der Waals surface area (Å²) in [7, 11) is 0. The minimum absolute atomic E-state index is 0.0668. The van der Waals surface area contributed by atoms with Crippen LogP contribution < -0.4 is 0 Å². The third-order valence-electron chi connectivity index (χ3n) is 2.14. The Bertz CT molecular complexity index is 175. The van der Waals surface area contributed by atoms with Crippen LogP contribution in [-0.2, 0) is 9.53 Å². The van der Waals surface area contributed by atoms with Crippen LogP contribution in [0.3, 0.4) is 0 Å². The highest BCUT2D eigenvalue weighted by molar-refractivity contribution is 5.83. The fourth-order valence-electron chi connectivity index (χ4n) is 1.23. The summed E-state index contributed by atoms with van der Waals surface area (Å²) < 4.78 is 5.53. The first-order chi connectivity index (χ1) is 5.99. The van der Waals surface area contributed by atoms with Crippen molar-refractivity contribution in [3.8, 4) is 0 Å². The lowest BCUT2D eigenvalue weighted by Gasteiger charge is -2.19. The number of hydrogen-bond donors (Lipinski definition) is 0. The highest BCUT2D eigenvalue weighted by atomic mass is 16.5. The number of hydrogen-bond acceptors (Lipinski definition) is 2. The normalized spacial score (nSPS) is 17.5. The van der Waals surface area contributed by atoms with Crippen molar-refractivity contribution in [2.24, 2.45) is 5.92 Å². The van der Waals surface area contributed by atoms with Gasteiger partial charge in [-0.2, -0.15) is 0 Å². The van der Waals surface area contributed by atoms with Gasteiger partial charge in [0.05, 0.1) is 5.60 Å². The van der Waals surface area contributed by atoms with Gasteiger partial charge in [-0.05, 0) is 40.0 Å². The zero-order chi connectivity index (χ0) is 9.90. The van der Waals surface area contributed by atoms with E-state index in [1.165, 1.54) is 0 Å². The Kier molecular flexibility index (Phi) is 3.48. The van der Waals surface area contributed by atoms with Crippen molar-refractivity contribution in [2.45, 2.75) is 52.1 Å². The second-order valence-corrected chi connectivity index (χ2v) is 4.80. The molecule has 1 aliphatic rings. The van der Waals surface area contributed by atoms with Crippen LogP contribution >= 0.6 is 0 Å². The van der Waals surface area contributed by atoms with Crippen LogP contribution in [0.1, 0.15) is 46.5 Å². The van der Waals surface area contributed by atoms with Gasteiger partial charge in [-0.25, -0.2) is 0 Å². The lowest BCUT2D eigenvalue weighted by atomic mass is 10.1. The molecule has 2 heteroatoms. The summed E-state index contributed by atoms with van der Waals surface area (Å²) >= 11 is 0. The van der Waals surface area contributed by atoms with E-state index in [1.54, 1.807) is 0 Å². The molecule has 0 spiro atoms. The van der Waals surface area contributed by atoms with Crippen molar-refractivity contribution in [1.82, 2.24) is 0 Å². The molecule has 0 aliphatic heterocycles. The van der Waals surface area contributed by atoms with Crippen molar-refractivity contribution in [2.75, 3.05) is 6.61 Å². The van der Waals surface area contributed by atoms with Gasteiger partial charge in [0.25, 0.3) is 0 Å². The second kappa shape index (κ2) is 4.23. The Labute approximate surface area is 80.7 Å². The van der Waals surface area contributed by atoms with Gasteiger partial charge in [-0.1, -0.05) is 0 Å². The minimum atomic E-state index is -0.0668. The van der Waals surface area contributed by atoms with E-state index in [2.05, 4.69) is 0 Å².